The van der Waals surface area contributed by atoms with E-state index in [4.69, 9.17) is 15.1 Å². The van der Waals surface area contributed by atoms with Crippen LogP contribution >= 0.6 is 0 Å². The zero-order valence-corrected chi connectivity index (χ0v) is 12.1. The van der Waals surface area contributed by atoms with Crippen molar-refractivity contribution in [1.82, 2.24) is 4.90 Å². The van der Waals surface area contributed by atoms with E-state index in [0.717, 1.165) is 12.0 Å². The molecule has 5 nitrogen and oxygen atoms in total. The molecule has 1 atom stereocenters. The van der Waals surface area contributed by atoms with Crippen LogP contribution in [-0.4, -0.2) is 35.7 Å². The van der Waals surface area contributed by atoms with Crippen LogP contribution in [0.1, 0.15) is 31.4 Å². The molecule has 108 valence electrons. The topological polar surface area (TPSA) is 73.6 Å². The van der Waals surface area contributed by atoms with E-state index in [2.05, 4.69) is 6.07 Å². The number of hydrogen-bond donors (Lipinski definition) is 1. The molecule has 0 aliphatic rings. The summed E-state index contributed by atoms with van der Waals surface area (Å²) in [7, 11) is 1.52. The highest BCUT2D eigenvalue weighted by Gasteiger charge is 2.16. The van der Waals surface area contributed by atoms with Gasteiger partial charge in [0.15, 0.2) is 0 Å². The van der Waals surface area contributed by atoms with Crippen molar-refractivity contribution in [3.05, 3.63) is 29.3 Å². The smallest absolute Gasteiger partial charge is 0.317 e. The van der Waals surface area contributed by atoms with Gasteiger partial charge in [-0.3, -0.25) is 9.69 Å². The Morgan fingerprint density at radius 1 is 1.55 bits per heavy atom. The molecule has 0 heterocycles. The summed E-state index contributed by atoms with van der Waals surface area (Å²) in [6.07, 6.45) is 0.876. The summed E-state index contributed by atoms with van der Waals surface area (Å²) < 4.78 is 5.17. The summed E-state index contributed by atoms with van der Waals surface area (Å²) in [6, 6.07) is 7.55. The minimum absolute atomic E-state index is 0.00266. The molecule has 1 rings (SSSR count). The first-order valence-corrected chi connectivity index (χ1v) is 6.54. The Labute approximate surface area is 119 Å². The number of hydrogen-bond acceptors (Lipinski definition) is 4. The lowest BCUT2D eigenvalue weighted by Crippen LogP contribution is -2.36. The third-order valence-corrected chi connectivity index (χ3v) is 3.32. The summed E-state index contributed by atoms with van der Waals surface area (Å²) in [5.41, 5.74) is 1.41. The second kappa shape index (κ2) is 7.51. The van der Waals surface area contributed by atoms with Gasteiger partial charge in [-0.2, -0.15) is 5.26 Å². The minimum atomic E-state index is -0.842. The number of carboxylic acid groups (broad SMARTS) is 1. The molecule has 20 heavy (non-hydrogen) atoms. The Kier molecular flexibility index (Phi) is 6.01. The fourth-order valence-corrected chi connectivity index (χ4v) is 1.96. The van der Waals surface area contributed by atoms with Crippen LogP contribution in [-0.2, 0) is 11.3 Å². The summed E-state index contributed by atoms with van der Waals surface area (Å²) in [5, 5.41) is 17.9. The van der Waals surface area contributed by atoms with Crippen LogP contribution in [0.15, 0.2) is 18.2 Å². The van der Waals surface area contributed by atoms with Gasteiger partial charge in [0.05, 0.1) is 19.2 Å². The van der Waals surface area contributed by atoms with Gasteiger partial charge in [0.1, 0.15) is 11.8 Å². The first-order valence-electron chi connectivity index (χ1n) is 6.54. The lowest BCUT2D eigenvalue weighted by atomic mass is 10.1. The van der Waals surface area contributed by atoms with Crippen molar-refractivity contribution in [3.8, 4) is 11.8 Å². The summed E-state index contributed by atoms with van der Waals surface area (Å²) >= 11 is 0. The van der Waals surface area contributed by atoms with E-state index in [1.54, 1.807) is 12.1 Å². The molecule has 0 fully saturated rings. The number of nitrogens with zero attached hydrogens (tertiary/aromatic N) is 2. The maximum absolute atomic E-state index is 10.9. The monoisotopic (exact) mass is 276 g/mol. The second-order valence-corrected chi connectivity index (χ2v) is 4.70. The fourth-order valence-electron chi connectivity index (χ4n) is 1.96. The van der Waals surface area contributed by atoms with Gasteiger partial charge in [0.25, 0.3) is 0 Å². The predicted molar refractivity (Wildman–Crippen MR) is 75.5 cm³/mol. The van der Waals surface area contributed by atoms with E-state index in [9.17, 15) is 4.79 Å². The van der Waals surface area contributed by atoms with E-state index in [1.807, 2.05) is 24.8 Å². The highest BCUT2D eigenvalue weighted by atomic mass is 16.5. The van der Waals surface area contributed by atoms with Gasteiger partial charge in [-0.05, 0) is 31.0 Å². The molecule has 0 aliphatic carbocycles. The van der Waals surface area contributed by atoms with Crippen LogP contribution in [0.2, 0.25) is 0 Å². The first kappa shape index (κ1) is 16.0. The van der Waals surface area contributed by atoms with E-state index in [1.165, 1.54) is 7.11 Å². The molecule has 1 aromatic rings. The Bertz CT molecular complexity index is 508. The highest BCUT2D eigenvalue weighted by Crippen LogP contribution is 2.21. The van der Waals surface area contributed by atoms with Gasteiger partial charge < -0.3 is 9.84 Å². The van der Waals surface area contributed by atoms with E-state index < -0.39 is 5.97 Å². The van der Waals surface area contributed by atoms with E-state index >= 15 is 0 Å². The normalized spacial score (nSPS) is 11.9. The van der Waals surface area contributed by atoms with Crippen molar-refractivity contribution < 1.29 is 14.6 Å². The summed E-state index contributed by atoms with van der Waals surface area (Å²) in [5.74, 6) is -0.324. The van der Waals surface area contributed by atoms with Crippen LogP contribution in [0.3, 0.4) is 0 Å². The molecule has 0 aromatic heterocycles. The maximum atomic E-state index is 10.9. The van der Waals surface area contributed by atoms with E-state index in [0.29, 0.717) is 17.9 Å². The van der Waals surface area contributed by atoms with Gasteiger partial charge in [0.2, 0.25) is 0 Å². The molecule has 1 N–H and O–H groups in total. The number of aliphatic carboxylic acids is 1. The minimum Gasteiger partial charge on any atom is -0.495 e. The zero-order valence-electron chi connectivity index (χ0n) is 12.1. The predicted octanol–water partition coefficient (Wildman–Crippen LogP) is 2.25. The van der Waals surface area contributed by atoms with Crippen LogP contribution in [0.25, 0.3) is 0 Å². The molecule has 1 aromatic carbocycles. The third kappa shape index (κ3) is 4.25. The van der Waals surface area contributed by atoms with Crippen LogP contribution in [0, 0.1) is 11.3 Å². The quantitative estimate of drug-likeness (QED) is 0.826. The maximum Gasteiger partial charge on any atom is 0.317 e. The van der Waals surface area contributed by atoms with Crippen molar-refractivity contribution in [1.29, 1.82) is 5.26 Å². The number of ether oxygens (including phenoxy) is 1. The van der Waals surface area contributed by atoms with Crippen LogP contribution in [0.4, 0.5) is 0 Å². The molecule has 5 heteroatoms. The first-order chi connectivity index (χ1) is 9.51. The van der Waals surface area contributed by atoms with Crippen LogP contribution < -0.4 is 4.74 Å². The number of nitriles is 1. The lowest BCUT2D eigenvalue weighted by molar-refractivity contribution is -0.139. The molecule has 0 bridgehead atoms. The average Bonchev–Trinajstić information content (AvgIpc) is 2.45. The molecule has 0 saturated heterocycles. The third-order valence-electron chi connectivity index (χ3n) is 3.32. The van der Waals surface area contributed by atoms with Crippen molar-refractivity contribution in [2.75, 3.05) is 13.7 Å². The standard InChI is InChI=1S/C15H20N2O3/c1-4-11(2)17(10-15(18)19)9-12-5-6-13(8-16)14(7-12)20-3/h5-7,11H,4,9-10H2,1-3H3,(H,18,19). The SMILES string of the molecule is CCC(C)N(CC(=O)O)Cc1ccc(C#N)c(OC)c1. The van der Waals surface area contributed by atoms with Gasteiger partial charge in [-0.25, -0.2) is 0 Å². The van der Waals surface area contributed by atoms with Gasteiger partial charge in [0, 0.05) is 12.6 Å². The summed E-state index contributed by atoms with van der Waals surface area (Å²) in [6.45, 7) is 4.55. The molecule has 0 spiro atoms. The van der Waals surface area contributed by atoms with Gasteiger partial charge >= 0.3 is 5.97 Å². The molecular formula is C15H20N2O3. The molecule has 1 unspecified atom stereocenters. The largest absolute Gasteiger partial charge is 0.495 e. The molecule has 0 amide bonds. The number of benzene rings is 1. The number of carbonyl (C=O) groups is 1. The Morgan fingerprint density at radius 3 is 2.75 bits per heavy atom. The number of carboxylic acids is 1. The number of methoxy groups -OCH3 is 1. The molecule has 0 aliphatic heterocycles. The zero-order chi connectivity index (χ0) is 15.1. The van der Waals surface area contributed by atoms with Crippen molar-refractivity contribution >= 4 is 5.97 Å². The Balaban J connectivity index is 2.93. The molecule has 0 saturated carbocycles. The van der Waals surface area contributed by atoms with Crippen molar-refractivity contribution in [2.24, 2.45) is 0 Å². The van der Waals surface area contributed by atoms with E-state index in [-0.39, 0.29) is 12.6 Å². The Hall–Kier alpha value is -2.06. The highest BCUT2D eigenvalue weighted by molar-refractivity contribution is 5.69. The second-order valence-electron chi connectivity index (χ2n) is 4.70. The molecule has 0 radical (unpaired) electrons. The lowest BCUT2D eigenvalue weighted by Gasteiger charge is -2.26. The van der Waals surface area contributed by atoms with Gasteiger partial charge in [-0.15, -0.1) is 0 Å². The van der Waals surface area contributed by atoms with Crippen LogP contribution in [0.5, 0.6) is 5.75 Å². The number of rotatable bonds is 7. The fraction of sp³-hybridized carbons (Fsp3) is 0.467. The van der Waals surface area contributed by atoms with Crippen molar-refractivity contribution in [2.45, 2.75) is 32.9 Å². The van der Waals surface area contributed by atoms with Gasteiger partial charge in [-0.1, -0.05) is 13.0 Å². The molecular weight excluding hydrogens is 256 g/mol. The summed E-state index contributed by atoms with van der Waals surface area (Å²) in [4.78, 5) is 12.8. The van der Waals surface area contributed by atoms with Crippen molar-refractivity contribution in [3.63, 3.8) is 0 Å². The Morgan fingerprint density at radius 2 is 2.25 bits per heavy atom. The average molecular weight is 276 g/mol.